The minimum atomic E-state index is -1.03. The Morgan fingerprint density at radius 1 is 1.31 bits per heavy atom. The topological polar surface area (TPSA) is 110 Å². The number of carbonyl (C=O) groups is 2. The van der Waals surface area contributed by atoms with Gasteiger partial charge in [-0.25, -0.2) is 14.6 Å². The summed E-state index contributed by atoms with van der Waals surface area (Å²) in [6, 6.07) is 6.17. The van der Waals surface area contributed by atoms with E-state index in [0.29, 0.717) is 5.69 Å². The van der Waals surface area contributed by atoms with Crippen molar-refractivity contribution >= 4 is 29.2 Å². The summed E-state index contributed by atoms with van der Waals surface area (Å²) in [6.45, 7) is 3.77. The monoisotopic (exact) mass is 371 g/mol. The van der Waals surface area contributed by atoms with Crippen molar-refractivity contribution in [2.24, 2.45) is 0 Å². The molecule has 0 spiro atoms. The van der Waals surface area contributed by atoms with Gasteiger partial charge >= 0.3 is 5.97 Å². The Morgan fingerprint density at radius 3 is 2.85 bits per heavy atom. The zero-order chi connectivity index (χ0) is 18.7. The van der Waals surface area contributed by atoms with E-state index < -0.39 is 5.97 Å². The summed E-state index contributed by atoms with van der Waals surface area (Å²) in [6.07, 6.45) is 1.35. The number of hydrogen-bond acceptors (Lipinski definition) is 6. The molecule has 1 aromatic carbocycles. The van der Waals surface area contributed by atoms with Gasteiger partial charge in [-0.1, -0.05) is 23.8 Å². The fourth-order valence-electron chi connectivity index (χ4n) is 2.47. The van der Waals surface area contributed by atoms with Crippen molar-refractivity contribution < 1.29 is 14.7 Å². The number of amides is 1. The lowest BCUT2D eigenvalue weighted by Gasteiger charge is -2.03. The smallest absolute Gasteiger partial charge is 0.325 e. The lowest BCUT2D eigenvalue weighted by Crippen LogP contribution is -2.16. The normalized spacial score (nSPS) is 10.7. The van der Waals surface area contributed by atoms with Crippen LogP contribution in [0.2, 0.25) is 0 Å². The van der Waals surface area contributed by atoms with Crippen LogP contribution in [0.4, 0.5) is 5.95 Å². The van der Waals surface area contributed by atoms with Crippen molar-refractivity contribution in [3.05, 3.63) is 46.7 Å². The molecule has 26 heavy (non-hydrogen) atoms. The van der Waals surface area contributed by atoms with Crippen LogP contribution >= 0.6 is 11.3 Å². The molecule has 0 bridgehead atoms. The number of anilines is 1. The van der Waals surface area contributed by atoms with Gasteiger partial charge in [0.1, 0.15) is 17.9 Å². The molecule has 2 N–H and O–H groups in total. The third-order valence-corrected chi connectivity index (χ3v) is 4.52. The molecule has 0 saturated carbocycles. The number of aliphatic carboxylic acids is 1. The molecular formula is C17H17N5O3S. The van der Waals surface area contributed by atoms with Crippen molar-refractivity contribution in [1.82, 2.24) is 19.7 Å². The second-order valence-corrected chi connectivity index (χ2v) is 6.70. The molecule has 134 valence electrons. The Labute approximate surface area is 153 Å². The number of aromatic nitrogens is 4. The van der Waals surface area contributed by atoms with Gasteiger partial charge in [-0.15, -0.1) is 16.4 Å². The van der Waals surface area contributed by atoms with Gasteiger partial charge in [-0.3, -0.25) is 14.9 Å². The second-order valence-electron chi connectivity index (χ2n) is 5.85. The van der Waals surface area contributed by atoms with Crippen LogP contribution in [0.15, 0.2) is 29.9 Å². The highest BCUT2D eigenvalue weighted by molar-refractivity contribution is 7.13. The highest BCUT2D eigenvalue weighted by Crippen LogP contribution is 2.27. The lowest BCUT2D eigenvalue weighted by atomic mass is 10.1. The van der Waals surface area contributed by atoms with Crippen molar-refractivity contribution in [3.63, 3.8) is 0 Å². The summed E-state index contributed by atoms with van der Waals surface area (Å²) in [5.74, 6) is -1.27. The van der Waals surface area contributed by atoms with E-state index in [2.05, 4.69) is 26.4 Å². The number of thiazole rings is 1. The fraction of sp³-hybridized carbons (Fsp3) is 0.235. The van der Waals surface area contributed by atoms with Crippen molar-refractivity contribution in [3.8, 4) is 10.6 Å². The Balaban J connectivity index is 1.64. The second kappa shape index (κ2) is 7.44. The van der Waals surface area contributed by atoms with Crippen LogP contribution in [0.25, 0.3) is 10.6 Å². The van der Waals surface area contributed by atoms with Gasteiger partial charge in [-0.2, -0.15) is 0 Å². The van der Waals surface area contributed by atoms with E-state index in [0.717, 1.165) is 20.8 Å². The van der Waals surface area contributed by atoms with Crippen LogP contribution in [0.1, 0.15) is 16.8 Å². The maximum absolute atomic E-state index is 12.1. The number of carboxylic acids is 1. The first kappa shape index (κ1) is 17.7. The molecule has 3 aromatic rings. The summed E-state index contributed by atoms with van der Waals surface area (Å²) in [4.78, 5) is 31.1. The van der Waals surface area contributed by atoms with Crippen LogP contribution in [-0.2, 0) is 22.6 Å². The fourth-order valence-corrected chi connectivity index (χ4v) is 3.38. The average molecular weight is 371 g/mol. The number of aryl methyl sites for hydroxylation is 2. The number of hydrogen-bond donors (Lipinski definition) is 2. The Bertz CT molecular complexity index is 963. The maximum atomic E-state index is 12.1. The number of rotatable bonds is 6. The summed E-state index contributed by atoms with van der Waals surface area (Å²) < 4.78 is 1.14. The highest BCUT2D eigenvalue weighted by atomic mass is 32.1. The van der Waals surface area contributed by atoms with Gasteiger partial charge in [0.15, 0.2) is 0 Å². The number of nitrogens with one attached hydrogen (secondary N) is 1. The molecule has 0 aliphatic carbocycles. The van der Waals surface area contributed by atoms with Gasteiger partial charge < -0.3 is 5.11 Å². The summed E-state index contributed by atoms with van der Waals surface area (Å²) in [7, 11) is 0. The highest BCUT2D eigenvalue weighted by Gasteiger charge is 2.13. The number of carboxylic acid groups (broad SMARTS) is 1. The molecular weight excluding hydrogens is 354 g/mol. The SMILES string of the molecule is Cc1ccc(-c2nc(CC(=O)Nc3ncn(CC(=O)O)n3)cs2)c(C)c1. The van der Waals surface area contributed by atoms with Crippen molar-refractivity contribution in [2.45, 2.75) is 26.8 Å². The van der Waals surface area contributed by atoms with Crippen LogP contribution in [0.5, 0.6) is 0 Å². The summed E-state index contributed by atoms with van der Waals surface area (Å²) >= 11 is 1.49. The quantitative estimate of drug-likeness (QED) is 0.688. The molecule has 0 unspecified atom stereocenters. The van der Waals surface area contributed by atoms with Crippen LogP contribution in [0, 0.1) is 13.8 Å². The number of carbonyl (C=O) groups excluding carboxylic acids is 1. The van der Waals surface area contributed by atoms with E-state index in [4.69, 9.17) is 5.11 Å². The summed E-state index contributed by atoms with van der Waals surface area (Å²) in [5.41, 5.74) is 4.05. The van der Waals surface area contributed by atoms with Gasteiger partial charge in [-0.05, 0) is 19.4 Å². The van der Waals surface area contributed by atoms with E-state index >= 15 is 0 Å². The first-order valence-electron chi connectivity index (χ1n) is 7.84. The largest absolute Gasteiger partial charge is 0.480 e. The third kappa shape index (κ3) is 4.31. The van der Waals surface area contributed by atoms with Crippen molar-refractivity contribution in [1.29, 1.82) is 0 Å². The number of benzene rings is 1. The van der Waals surface area contributed by atoms with Gasteiger partial charge in [0.25, 0.3) is 0 Å². The van der Waals surface area contributed by atoms with Crippen LogP contribution in [-0.4, -0.2) is 36.7 Å². The molecule has 1 amide bonds. The summed E-state index contributed by atoms with van der Waals surface area (Å²) in [5, 5.41) is 17.8. The zero-order valence-electron chi connectivity index (χ0n) is 14.3. The van der Waals surface area contributed by atoms with Gasteiger partial charge in [0.05, 0.1) is 12.1 Å². The van der Waals surface area contributed by atoms with E-state index in [9.17, 15) is 9.59 Å². The molecule has 0 aliphatic rings. The predicted molar refractivity (Wildman–Crippen MR) is 97.0 cm³/mol. The van der Waals surface area contributed by atoms with E-state index in [1.165, 1.54) is 23.2 Å². The van der Waals surface area contributed by atoms with E-state index in [1.54, 1.807) is 0 Å². The molecule has 0 atom stereocenters. The van der Waals surface area contributed by atoms with E-state index in [1.807, 2.05) is 31.4 Å². The Morgan fingerprint density at radius 2 is 2.12 bits per heavy atom. The van der Waals surface area contributed by atoms with E-state index in [-0.39, 0.29) is 24.8 Å². The van der Waals surface area contributed by atoms with Crippen LogP contribution < -0.4 is 5.32 Å². The minimum absolute atomic E-state index is 0.0704. The minimum Gasteiger partial charge on any atom is -0.480 e. The average Bonchev–Trinajstić information content (AvgIpc) is 3.16. The zero-order valence-corrected chi connectivity index (χ0v) is 15.1. The molecule has 2 heterocycles. The van der Waals surface area contributed by atoms with Crippen LogP contribution in [0.3, 0.4) is 0 Å². The lowest BCUT2D eigenvalue weighted by molar-refractivity contribution is -0.137. The molecule has 8 nitrogen and oxygen atoms in total. The first-order valence-corrected chi connectivity index (χ1v) is 8.72. The standard InChI is InChI=1S/C17H17N5O3S/c1-10-3-4-13(11(2)5-10)16-19-12(8-26-16)6-14(23)20-17-18-9-22(21-17)7-15(24)25/h3-5,8-9H,6-7H2,1-2H3,(H,24,25)(H,20,21,23). The third-order valence-electron chi connectivity index (χ3n) is 3.59. The molecule has 0 aliphatic heterocycles. The maximum Gasteiger partial charge on any atom is 0.325 e. The molecule has 2 aromatic heterocycles. The van der Waals surface area contributed by atoms with Crippen molar-refractivity contribution in [2.75, 3.05) is 5.32 Å². The van der Waals surface area contributed by atoms with Gasteiger partial charge in [0, 0.05) is 10.9 Å². The molecule has 0 saturated heterocycles. The number of nitrogens with zero attached hydrogens (tertiary/aromatic N) is 4. The molecule has 3 rings (SSSR count). The Hall–Kier alpha value is -3.07. The van der Waals surface area contributed by atoms with Gasteiger partial charge in [0.2, 0.25) is 11.9 Å². The molecule has 0 fully saturated rings. The first-order chi connectivity index (χ1) is 12.4. The molecule has 0 radical (unpaired) electrons. The Kier molecular flexibility index (Phi) is 5.08. The predicted octanol–water partition coefficient (Wildman–Crippen LogP) is 2.28. The molecule has 9 heteroatoms.